The highest BCUT2D eigenvalue weighted by molar-refractivity contribution is 7.98. The molecule has 3 rings (SSSR count). The van der Waals surface area contributed by atoms with E-state index in [4.69, 9.17) is 4.74 Å². The molecule has 0 saturated carbocycles. The maximum atomic E-state index is 13.3. The zero-order valence-electron chi connectivity index (χ0n) is 19.2. The lowest BCUT2D eigenvalue weighted by atomic mass is 10.2. The van der Waals surface area contributed by atoms with E-state index in [0.29, 0.717) is 24.6 Å². The number of hydrogen-bond acceptors (Lipinski definition) is 5. The zero-order valence-corrected chi connectivity index (χ0v) is 20.9. The summed E-state index contributed by atoms with van der Waals surface area (Å²) in [7, 11) is -3.92. The van der Waals surface area contributed by atoms with Crippen molar-refractivity contribution in [2.45, 2.75) is 24.0 Å². The summed E-state index contributed by atoms with van der Waals surface area (Å²) in [5.41, 5.74) is 1.68. The molecule has 0 heterocycles. The molecule has 34 heavy (non-hydrogen) atoms. The lowest BCUT2D eigenvalue weighted by Gasteiger charge is -2.24. The third-order valence-electron chi connectivity index (χ3n) is 4.95. The highest BCUT2D eigenvalue weighted by Crippen LogP contribution is 2.25. The maximum absolute atomic E-state index is 13.3. The molecular formula is C26H30N2O4S2. The van der Waals surface area contributed by atoms with Gasteiger partial charge in [0, 0.05) is 12.3 Å². The van der Waals surface area contributed by atoms with Crippen LogP contribution in [0.2, 0.25) is 0 Å². The highest BCUT2D eigenvalue weighted by Gasteiger charge is 2.27. The molecule has 0 fully saturated rings. The third-order valence-corrected chi connectivity index (χ3v) is 7.86. The molecule has 0 aliphatic rings. The third kappa shape index (κ3) is 7.53. The summed E-state index contributed by atoms with van der Waals surface area (Å²) in [6.45, 7) is 2.58. The number of ether oxygens (including phenoxy) is 1. The predicted octanol–water partition coefficient (Wildman–Crippen LogP) is 4.72. The quantitative estimate of drug-likeness (QED) is 0.345. The Kier molecular flexibility index (Phi) is 9.85. The summed E-state index contributed by atoms with van der Waals surface area (Å²) in [5.74, 6) is 2.12. The number of nitrogens with one attached hydrogen (secondary N) is 1. The number of sulfonamides is 1. The van der Waals surface area contributed by atoms with Crippen molar-refractivity contribution in [3.8, 4) is 5.75 Å². The van der Waals surface area contributed by atoms with Gasteiger partial charge in [-0.05, 0) is 61.1 Å². The van der Waals surface area contributed by atoms with Gasteiger partial charge < -0.3 is 10.1 Å². The molecule has 0 spiro atoms. The van der Waals surface area contributed by atoms with Crippen molar-refractivity contribution < 1.29 is 17.9 Å². The molecular weight excluding hydrogens is 468 g/mol. The van der Waals surface area contributed by atoms with E-state index < -0.39 is 10.0 Å². The summed E-state index contributed by atoms with van der Waals surface area (Å²) >= 11 is 1.81. The highest BCUT2D eigenvalue weighted by atomic mass is 32.2. The summed E-state index contributed by atoms with van der Waals surface area (Å²) in [4.78, 5) is 12.8. The average Bonchev–Trinajstić information content (AvgIpc) is 2.86. The Hall–Kier alpha value is -2.97. The number of nitrogens with zero attached hydrogens (tertiary/aromatic N) is 1. The standard InChI is InChI=1S/C26H30N2O4S2/c1-2-32-24-16-14-23(15-17-24)28(34(30,31)25-12-7-4-8-13-25)20-26(29)27-18-9-19-33-21-22-10-5-3-6-11-22/h3-8,10-17H,2,9,18-21H2,1H3,(H,27,29). The van der Waals surface area contributed by atoms with Crippen molar-refractivity contribution in [1.29, 1.82) is 0 Å². The molecule has 0 bridgehead atoms. The first-order valence-electron chi connectivity index (χ1n) is 11.2. The van der Waals surface area contributed by atoms with Gasteiger partial charge in [-0.15, -0.1) is 0 Å². The van der Waals surface area contributed by atoms with Gasteiger partial charge in [0.15, 0.2) is 0 Å². The van der Waals surface area contributed by atoms with Crippen LogP contribution in [0.1, 0.15) is 18.9 Å². The number of amides is 1. The van der Waals surface area contributed by atoms with Crippen molar-refractivity contribution in [1.82, 2.24) is 5.32 Å². The molecule has 0 aromatic heterocycles. The van der Waals surface area contributed by atoms with Crippen LogP contribution in [0.3, 0.4) is 0 Å². The largest absolute Gasteiger partial charge is 0.494 e. The Bertz CT molecular complexity index is 1120. The van der Waals surface area contributed by atoms with E-state index in [0.717, 1.165) is 22.2 Å². The normalized spacial score (nSPS) is 11.1. The van der Waals surface area contributed by atoms with E-state index in [1.165, 1.54) is 17.7 Å². The fourth-order valence-corrected chi connectivity index (χ4v) is 5.63. The number of benzene rings is 3. The van der Waals surface area contributed by atoms with Crippen LogP contribution in [0.15, 0.2) is 89.8 Å². The first-order valence-corrected chi connectivity index (χ1v) is 13.8. The lowest BCUT2D eigenvalue weighted by Crippen LogP contribution is -2.41. The van der Waals surface area contributed by atoms with Gasteiger partial charge in [0.05, 0.1) is 17.2 Å². The van der Waals surface area contributed by atoms with E-state index in [1.807, 2.05) is 25.1 Å². The van der Waals surface area contributed by atoms with E-state index in [9.17, 15) is 13.2 Å². The number of carbonyl (C=O) groups is 1. The van der Waals surface area contributed by atoms with E-state index in [-0.39, 0.29) is 17.3 Å². The molecule has 0 aliphatic carbocycles. The molecule has 8 heteroatoms. The van der Waals surface area contributed by atoms with Crippen molar-refractivity contribution in [2.24, 2.45) is 0 Å². The molecule has 0 atom stereocenters. The lowest BCUT2D eigenvalue weighted by molar-refractivity contribution is -0.119. The van der Waals surface area contributed by atoms with Crippen LogP contribution < -0.4 is 14.4 Å². The summed E-state index contributed by atoms with van der Waals surface area (Å²) in [6.07, 6.45) is 0.803. The first kappa shape index (κ1) is 25.6. The van der Waals surface area contributed by atoms with Crippen LogP contribution in [0.5, 0.6) is 5.75 Å². The first-order chi connectivity index (χ1) is 16.5. The number of thioether (sulfide) groups is 1. The Morgan fingerprint density at radius 1 is 0.941 bits per heavy atom. The second kappa shape index (κ2) is 13.1. The van der Waals surface area contributed by atoms with Crippen LogP contribution in [-0.2, 0) is 20.6 Å². The predicted molar refractivity (Wildman–Crippen MR) is 139 cm³/mol. The van der Waals surface area contributed by atoms with Crippen molar-refractivity contribution >= 4 is 33.4 Å². The van der Waals surface area contributed by atoms with E-state index >= 15 is 0 Å². The smallest absolute Gasteiger partial charge is 0.264 e. The van der Waals surface area contributed by atoms with Crippen LogP contribution in [0.25, 0.3) is 0 Å². The SMILES string of the molecule is CCOc1ccc(N(CC(=O)NCCCSCc2ccccc2)S(=O)(=O)c2ccccc2)cc1. The Balaban J connectivity index is 1.60. The van der Waals surface area contributed by atoms with Gasteiger partial charge in [0.2, 0.25) is 5.91 Å². The van der Waals surface area contributed by atoms with Gasteiger partial charge in [0.25, 0.3) is 10.0 Å². The number of carbonyl (C=O) groups excluding carboxylic acids is 1. The number of rotatable bonds is 13. The van der Waals surface area contributed by atoms with E-state index in [1.54, 1.807) is 54.2 Å². The zero-order chi connectivity index (χ0) is 24.2. The fourth-order valence-electron chi connectivity index (χ4n) is 3.26. The van der Waals surface area contributed by atoms with Crippen molar-refractivity contribution in [3.63, 3.8) is 0 Å². The van der Waals surface area contributed by atoms with Crippen LogP contribution in [-0.4, -0.2) is 39.8 Å². The van der Waals surface area contributed by atoms with Crippen LogP contribution in [0.4, 0.5) is 5.69 Å². The molecule has 1 N–H and O–H groups in total. The molecule has 1 amide bonds. The topological polar surface area (TPSA) is 75.7 Å². The van der Waals surface area contributed by atoms with Gasteiger partial charge in [-0.1, -0.05) is 48.5 Å². The van der Waals surface area contributed by atoms with Gasteiger partial charge in [-0.2, -0.15) is 11.8 Å². The minimum Gasteiger partial charge on any atom is -0.494 e. The molecule has 180 valence electrons. The van der Waals surface area contributed by atoms with Gasteiger partial charge >= 0.3 is 0 Å². The second-order valence-corrected chi connectivity index (χ2v) is 10.5. The molecule has 3 aromatic rings. The van der Waals surface area contributed by atoms with Crippen molar-refractivity contribution in [3.05, 3.63) is 90.5 Å². The van der Waals surface area contributed by atoms with Gasteiger partial charge in [-0.3, -0.25) is 9.10 Å². The summed E-state index contributed by atoms with van der Waals surface area (Å²) in [6, 6.07) is 25.1. The minimum atomic E-state index is -3.92. The average molecular weight is 499 g/mol. The molecule has 0 aliphatic heterocycles. The Morgan fingerprint density at radius 2 is 1.59 bits per heavy atom. The molecule has 3 aromatic carbocycles. The monoisotopic (exact) mass is 498 g/mol. The molecule has 0 saturated heterocycles. The number of hydrogen-bond donors (Lipinski definition) is 1. The van der Waals surface area contributed by atoms with Crippen LogP contribution in [0, 0.1) is 0 Å². The molecule has 0 unspecified atom stereocenters. The van der Waals surface area contributed by atoms with Gasteiger partial charge in [0.1, 0.15) is 12.3 Å². The minimum absolute atomic E-state index is 0.133. The summed E-state index contributed by atoms with van der Waals surface area (Å²) < 4.78 is 33.3. The molecule has 0 radical (unpaired) electrons. The number of anilines is 1. The maximum Gasteiger partial charge on any atom is 0.264 e. The Morgan fingerprint density at radius 3 is 2.24 bits per heavy atom. The summed E-state index contributed by atoms with van der Waals surface area (Å²) in [5, 5.41) is 2.85. The van der Waals surface area contributed by atoms with E-state index in [2.05, 4.69) is 17.4 Å². The van der Waals surface area contributed by atoms with Crippen LogP contribution >= 0.6 is 11.8 Å². The fraction of sp³-hybridized carbons (Fsp3) is 0.269. The Labute approximate surface area is 206 Å². The molecule has 6 nitrogen and oxygen atoms in total. The second-order valence-electron chi connectivity index (χ2n) is 7.49. The van der Waals surface area contributed by atoms with Crippen molar-refractivity contribution in [2.75, 3.05) is 29.8 Å². The van der Waals surface area contributed by atoms with Gasteiger partial charge in [-0.25, -0.2) is 8.42 Å².